The van der Waals surface area contributed by atoms with Crippen LogP contribution in [0.1, 0.15) is 19.4 Å². The van der Waals surface area contributed by atoms with Crippen LogP contribution in [0.4, 0.5) is 10.7 Å². The van der Waals surface area contributed by atoms with Gasteiger partial charge in [-0.3, -0.25) is 5.32 Å². The van der Waals surface area contributed by atoms with E-state index in [-0.39, 0.29) is 12.1 Å². The number of benzene rings is 1. The number of aromatic nitrogens is 1. The van der Waals surface area contributed by atoms with E-state index in [9.17, 15) is 4.79 Å². The second-order valence-corrected chi connectivity index (χ2v) is 4.51. The van der Waals surface area contributed by atoms with Crippen LogP contribution >= 0.6 is 0 Å². The lowest BCUT2D eigenvalue weighted by Gasteiger charge is -2.26. The number of hydrogen-bond acceptors (Lipinski definition) is 3. The number of rotatable bonds is 4. The summed E-state index contributed by atoms with van der Waals surface area (Å²) in [6, 6.07) is 11.4. The largest absolute Gasteiger partial charge is 0.338 e. The molecule has 2 rings (SSSR count). The first-order valence-electron chi connectivity index (χ1n) is 6.19. The molecule has 5 nitrogen and oxygen atoms in total. The zero-order chi connectivity index (χ0) is 13.7. The molecule has 1 N–H and O–H groups in total. The molecule has 2 amide bonds. The van der Waals surface area contributed by atoms with Crippen LogP contribution in [0.5, 0.6) is 0 Å². The number of hydrogen-bond donors (Lipinski definition) is 1. The Balaban J connectivity index is 2.05. The van der Waals surface area contributed by atoms with Crippen molar-refractivity contribution >= 4 is 11.9 Å². The van der Waals surface area contributed by atoms with Crippen LogP contribution in [0, 0.1) is 0 Å². The number of nitrogens with one attached hydrogen (secondary N) is 1. The maximum absolute atomic E-state index is 12.2. The second-order valence-electron chi connectivity index (χ2n) is 4.51. The number of amides is 2. The Labute approximate surface area is 112 Å². The maximum atomic E-state index is 12.2. The Morgan fingerprint density at radius 2 is 2.05 bits per heavy atom. The van der Waals surface area contributed by atoms with Gasteiger partial charge in [-0.25, -0.2) is 4.79 Å². The van der Waals surface area contributed by atoms with E-state index in [0.717, 1.165) is 5.56 Å². The molecule has 19 heavy (non-hydrogen) atoms. The molecular formula is C14H17N3O2. The highest BCUT2D eigenvalue weighted by atomic mass is 16.5. The Morgan fingerprint density at radius 1 is 1.32 bits per heavy atom. The van der Waals surface area contributed by atoms with Crippen molar-refractivity contribution < 1.29 is 9.32 Å². The molecule has 1 aromatic heterocycles. The minimum Gasteiger partial charge on any atom is -0.338 e. The Bertz CT molecular complexity index is 509. The molecule has 1 aromatic carbocycles. The van der Waals surface area contributed by atoms with Gasteiger partial charge in [-0.05, 0) is 19.4 Å². The topological polar surface area (TPSA) is 58.4 Å². The lowest BCUT2D eigenvalue weighted by molar-refractivity contribution is 0.193. The molecule has 0 saturated heterocycles. The average molecular weight is 259 g/mol. The van der Waals surface area contributed by atoms with E-state index < -0.39 is 0 Å². The summed E-state index contributed by atoms with van der Waals surface area (Å²) in [6.45, 7) is 4.50. The summed E-state index contributed by atoms with van der Waals surface area (Å²) in [4.78, 5) is 13.9. The highest BCUT2D eigenvalue weighted by Crippen LogP contribution is 2.11. The first-order chi connectivity index (χ1) is 9.16. The van der Waals surface area contributed by atoms with Gasteiger partial charge in [-0.15, -0.1) is 0 Å². The number of carbonyl (C=O) groups is 1. The van der Waals surface area contributed by atoms with Crippen molar-refractivity contribution in [3.8, 4) is 0 Å². The molecule has 1 heterocycles. The van der Waals surface area contributed by atoms with E-state index in [4.69, 9.17) is 4.52 Å². The van der Waals surface area contributed by atoms with E-state index in [2.05, 4.69) is 10.5 Å². The molecule has 0 bridgehead atoms. The quantitative estimate of drug-likeness (QED) is 0.917. The minimum atomic E-state index is -0.199. The Hall–Kier alpha value is -2.30. The summed E-state index contributed by atoms with van der Waals surface area (Å²) in [5, 5.41) is 6.24. The van der Waals surface area contributed by atoms with Gasteiger partial charge in [0.2, 0.25) is 5.88 Å². The predicted molar refractivity (Wildman–Crippen MR) is 72.6 cm³/mol. The standard InChI is InChI=1S/C14H17N3O2/c1-11(2)17(10-12-6-4-3-5-7-12)14(18)16-13-8-9-15-19-13/h3-9,11H,10H2,1-2H3,(H,16,18). The monoisotopic (exact) mass is 259 g/mol. The highest BCUT2D eigenvalue weighted by Gasteiger charge is 2.18. The van der Waals surface area contributed by atoms with E-state index in [0.29, 0.717) is 12.4 Å². The van der Waals surface area contributed by atoms with E-state index in [1.165, 1.54) is 6.20 Å². The van der Waals surface area contributed by atoms with Gasteiger partial charge in [0.25, 0.3) is 0 Å². The Morgan fingerprint density at radius 3 is 2.63 bits per heavy atom. The summed E-state index contributed by atoms with van der Waals surface area (Å²) in [5.74, 6) is 0.351. The van der Waals surface area contributed by atoms with E-state index in [1.807, 2.05) is 44.2 Å². The minimum absolute atomic E-state index is 0.0862. The summed E-state index contributed by atoms with van der Waals surface area (Å²) in [7, 11) is 0. The smallest absolute Gasteiger partial charge is 0.324 e. The SMILES string of the molecule is CC(C)N(Cc1ccccc1)C(=O)Nc1ccno1. The van der Waals surface area contributed by atoms with Crippen LogP contribution in [-0.2, 0) is 6.54 Å². The lowest BCUT2D eigenvalue weighted by atomic mass is 10.2. The third-order valence-corrected chi connectivity index (χ3v) is 2.75. The average Bonchev–Trinajstić information content (AvgIpc) is 2.89. The van der Waals surface area contributed by atoms with Crippen molar-refractivity contribution in [2.24, 2.45) is 0 Å². The van der Waals surface area contributed by atoms with Crippen molar-refractivity contribution in [2.45, 2.75) is 26.4 Å². The molecular weight excluding hydrogens is 242 g/mol. The van der Waals surface area contributed by atoms with Gasteiger partial charge in [-0.2, -0.15) is 0 Å². The maximum Gasteiger partial charge on any atom is 0.324 e. The first kappa shape index (κ1) is 13.1. The van der Waals surface area contributed by atoms with E-state index >= 15 is 0 Å². The van der Waals surface area contributed by atoms with Crippen LogP contribution in [-0.4, -0.2) is 22.1 Å². The van der Waals surface area contributed by atoms with Crippen molar-refractivity contribution in [1.29, 1.82) is 0 Å². The molecule has 0 aliphatic rings. The normalized spacial score (nSPS) is 10.5. The fourth-order valence-corrected chi connectivity index (χ4v) is 1.73. The van der Waals surface area contributed by atoms with E-state index in [1.54, 1.807) is 11.0 Å². The van der Waals surface area contributed by atoms with Crippen molar-refractivity contribution in [3.63, 3.8) is 0 Å². The van der Waals surface area contributed by atoms with Gasteiger partial charge < -0.3 is 9.42 Å². The van der Waals surface area contributed by atoms with Crippen molar-refractivity contribution in [2.75, 3.05) is 5.32 Å². The summed E-state index contributed by atoms with van der Waals surface area (Å²) in [5.41, 5.74) is 1.09. The predicted octanol–water partition coefficient (Wildman–Crippen LogP) is 3.12. The second kappa shape index (κ2) is 6.04. The zero-order valence-corrected chi connectivity index (χ0v) is 11.0. The molecule has 0 saturated carbocycles. The first-order valence-corrected chi connectivity index (χ1v) is 6.19. The molecule has 0 unspecified atom stereocenters. The van der Waals surface area contributed by atoms with Crippen LogP contribution in [0.2, 0.25) is 0 Å². The molecule has 100 valence electrons. The molecule has 0 atom stereocenters. The molecule has 5 heteroatoms. The van der Waals surface area contributed by atoms with Crippen LogP contribution in [0.25, 0.3) is 0 Å². The van der Waals surface area contributed by atoms with Crippen molar-refractivity contribution in [1.82, 2.24) is 10.1 Å². The third-order valence-electron chi connectivity index (χ3n) is 2.75. The lowest BCUT2D eigenvalue weighted by Crippen LogP contribution is -2.39. The van der Waals surface area contributed by atoms with Crippen LogP contribution in [0.3, 0.4) is 0 Å². The summed E-state index contributed by atoms with van der Waals surface area (Å²) >= 11 is 0. The molecule has 0 fully saturated rings. The fourth-order valence-electron chi connectivity index (χ4n) is 1.73. The van der Waals surface area contributed by atoms with Gasteiger partial charge in [0, 0.05) is 18.7 Å². The van der Waals surface area contributed by atoms with Gasteiger partial charge in [0.1, 0.15) is 0 Å². The number of carbonyl (C=O) groups excluding carboxylic acids is 1. The van der Waals surface area contributed by atoms with Crippen LogP contribution in [0.15, 0.2) is 47.1 Å². The highest BCUT2D eigenvalue weighted by molar-refractivity contribution is 5.87. The van der Waals surface area contributed by atoms with Crippen molar-refractivity contribution in [3.05, 3.63) is 48.2 Å². The zero-order valence-electron chi connectivity index (χ0n) is 11.0. The molecule has 0 aliphatic carbocycles. The third kappa shape index (κ3) is 3.58. The number of urea groups is 1. The van der Waals surface area contributed by atoms with Gasteiger partial charge in [0.05, 0.1) is 6.20 Å². The molecule has 0 radical (unpaired) electrons. The summed E-state index contributed by atoms with van der Waals surface area (Å²) in [6.07, 6.45) is 1.49. The fraction of sp³-hybridized carbons (Fsp3) is 0.286. The Kier molecular flexibility index (Phi) is 4.18. The van der Waals surface area contributed by atoms with Gasteiger partial charge in [-0.1, -0.05) is 35.5 Å². The molecule has 0 spiro atoms. The summed E-state index contributed by atoms with van der Waals surface area (Å²) < 4.78 is 4.88. The van der Waals surface area contributed by atoms with Gasteiger partial charge in [0.15, 0.2) is 0 Å². The number of anilines is 1. The van der Waals surface area contributed by atoms with Gasteiger partial charge >= 0.3 is 6.03 Å². The number of nitrogens with zero attached hydrogens (tertiary/aromatic N) is 2. The van der Waals surface area contributed by atoms with Crippen LogP contribution < -0.4 is 5.32 Å². The molecule has 0 aliphatic heterocycles. The molecule has 2 aromatic rings.